The number of aromatic nitrogens is 2. The van der Waals surface area contributed by atoms with E-state index in [0.29, 0.717) is 28.3 Å². The van der Waals surface area contributed by atoms with E-state index in [9.17, 15) is 20.0 Å². The average Bonchev–Trinajstić information content (AvgIpc) is 3.11. The number of benzene rings is 2. The summed E-state index contributed by atoms with van der Waals surface area (Å²) in [5.74, 6) is 0.113. The molecule has 0 fully saturated rings. The quantitative estimate of drug-likeness (QED) is 0.509. The highest BCUT2D eigenvalue weighted by Gasteiger charge is 2.31. The Morgan fingerprint density at radius 2 is 1.84 bits per heavy atom. The molecule has 1 aliphatic rings. The van der Waals surface area contributed by atoms with E-state index in [1.165, 1.54) is 21.8 Å². The number of hydrogen-bond acceptors (Lipinski definition) is 5. The maximum atomic E-state index is 13.0. The normalized spacial score (nSPS) is 12.7. The van der Waals surface area contributed by atoms with Crippen LogP contribution in [-0.2, 0) is 6.54 Å². The van der Waals surface area contributed by atoms with Crippen molar-refractivity contribution < 1.29 is 19.4 Å². The second-order valence-corrected chi connectivity index (χ2v) is 7.04. The van der Waals surface area contributed by atoms with Gasteiger partial charge in [-0.15, -0.1) is 0 Å². The molecule has 1 aliphatic heterocycles. The molecule has 2 aromatic carbocycles. The highest BCUT2D eigenvalue weighted by molar-refractivity contribution is 6.08. The molecule has 5 rings (SSSR count). The van der Waals surface area contributed by atoms with E-state index in [0.717, 1.165) is 0 Å². The van der Waals surface area contributed by atoms with Gasteiger partial charge in [0.15, 0.2) is 0 Å². The largest absolute Gasteiger partial charge is 0.478 e. The van der Waals surface area contributed by atoms with Crippen molar-refractivity contribution in [2.75, 3.05) is 4.90 Å². The van der Waals surface area contributed by atoms with Gasteiger partial charge in [-0.2, -0.15) is 10.4 Å². The molecule has 9 heteroatoms. The Kier molecular flexibility index (Phi) is 4.45. The predicted octanol–water partition coefficient (Wildman–Crippen LogP) is 4.06. The van der Waals surface area contributed by atoms with Crippen molar-refractivity contribution in [2.45, 2.75) is 6.54 Å². The number of hydrogen-bond donors (Lipinski definition) is 2. The highest BCUT2D eigenvalue weighted by atomic mass is 16.5. The van der Waals surface area contributed by atoms with Crippen molar-refractivity contribution in [1.82, 2.24) is 14.9 Å². The summed E-state index contributed by atoms with van der Waals surface area (Å²) < 4.78 is 7.19. The third-order valence-electron chi connectivity index (χ3n) is 5.15. The van der Waals surface area contributed by atoms with Gasteiger partial charge in [0.25, 0.3) is 0 Å². The van der Waals surface area contributed by atoms with E-state index in [2.05, 4.69) is 16.5 Å². The molecule has 32 heavy (non-hydrogen) atoms. The van der Waals surface area contributed by atoms with Crippen molar-refractivity contribution >= 4 is 28.9 Å². The van der Waals surface area contributed by atoms with Crippen LogP contribution in [0.5, 0.6) is 11.5 Å². The summed E-state index contributed by atoms with van der Waals surface area (Å²) in [6, 6.07) is 17.7. The number of carbonyl (C=O) groups excluding carboxylic acids is 1. The fourth-order valence-electron chi connectivity index (χ4n) is 3.73. The first kappa shape index (κ1) is 19.1. The number of anilines is 2. The average molecular weight is 425 g/mol. The minimum absolute atomic E-state index is 0.00771. The van der Waals surface area contributed by atoms with Crippen LogP contribution in [-0.4, -0.2) is 26.7 Å². The van der Waals surface area contributed by atoms with Gasteiger partial charge in [-0.25, -0.2) is 14.1 Å². The second-order valence-electron chi connectivity index (χ2n) is 7.04. The van der Waals surface area contributed by atoms with Crippen LogP contribution >= 0.6 is 0 Å². The number of nitrogens with one attached hydrogen (secondary N) is 1. The van der Waals surface area contributed by atoms with Crippen molar-refractivity contribution in [2.24, 2.45) is 0 Å². The number of aromatic carboxylic acids is 1. The van der Waals surface area contributed by atoms with Crippen LogP contribution in [0.25, 0.3) is 5.52 Å². The topological polar surface area (TPSA) is 120 Å². The van der Waals surface area contributed by atoms with Crippen LogP contribution in [0.4, 0.5) is 16.2 Å². The highest BCUT2D eigenvalue weighted by Crippen LogP contribution is 2.38. The molecular weight excluding hydrogens is 410 g/mol. The molecule has 0 saturated carbocycles. The summed E-state index contributed by atoms with van der Waals surface area (Å²) in [4.78, 5) is 26.1. The van der Waals surface area contributed by atoms with Gasteiger partial charge in [0, 0.05) is 18.3 Å². The van der Waals surface area contributed by atoms with Gasteiger partial charge in [-0.3, -0.25) is 4.90 Å². The molecule has 0 saturated heterocycles. The number of urea groups is 1. The van der Waals surface area contributed by atoms with Crippen molar-refractivity contribution in [1.29, 1.82) is 5.26 Å². The van der Waals surface area contributed by atoms with E-state index in [-0.39, 0.29) is 23.4 Å². The molecule has 156 valence electrons. The number of nitrogens with zero attached hydrogens (tertiary/aromatic N) is 4. The summed E-state index contributed by atoms with van der Waals surface area (Å²) in [7, 11) is 0. The third-order valence-corrected chi connectivity index (χ3v) is 5.15. The minimum Gasteiger partial charge on any atom is -0.478 e. The van der Waals surface area contributed by atoms with Gasteiger partial charge >= 0.3 is 12.0 Å². The number of para-hydroxylation sites is 1. The van der Waals surface area contributed by atoms with Gasteiger partial charge in [0.1, 0.15) is 17.6 Å². The van der Waals surface area contributed by atoms with Crippen LogP contribution < -0.4 is 15.0 Å². The first-order chi connectivity index (χ1) is 15.6. The van der Waals surface area contributed by atoms with Crippen LogP contribution in [0, 0.1) is 11.3 Å². The molecule has 0 bridgehead atoms. The van der Waals surface area contributed by atoms with Crippen molar-refractivity contribution in [3.8, 4) is 17.6 Å². The fourth-order valence-corrected chi connectivity index (χ4v) is 3.73. The molecule has 0 radical (unpaired) electrons. The van der Waals surface area contributed by atoms with Crippen LogP contribution in [0.3, 0.4) is 0 Å². The summed E-state index contributed by atoms with van der Waals surface area (Å²) >= 11 is 0. The Labute approximate surface area is 181 Å². The Morgan fingerprint density at radius 3 is 2.53 bits per heavy atom. The molecule has 4 aromatic rings. The lowest BCUT2D eigenvalue weighted by atomic mass is 10.1. The molecule has 9 nitrogen and oxygen atoms in total. The number of carboxylic acid groups (broad SMARTS) is 1. The SMILES string of the molecule is N#Cc1cnn2cc(C(=O)O)c3c2c1N(c1ccc(Oc2ccccc2)cc1)C(=O)NC3. The van der Waals surface area contributed by atoms with Crippen LogP contribution in [0.2, 0.25) is 0 Å². The number of carboxylic acids is 1. The Bertz CT molecular complexity index is 1400. The zero-order valence-corrected chi connectivity index (χ0v) is 16.5. The maximum Gasteiger partial charge on any atom is 0.337 e. The number of carbonyl (C=O) groups is 2. The Hall–Kier alpha value is -4.84. The van der Waals surface area contributed by atoms with Crippen molar-refractivity contribution in [3.63, 3.8) is 0 Å². The smallest absolute Gasteiger partial charge is 0.337 e. The number of nitriles is 1. The maximum absolute atomic E-state index is 13.0. The zero-order chi connectivity index (χ0) is 22.2. The first-order valence-corrected chi connectivity index (χ1v) is 9.64. The molecule has 0 spiro atoms. The van der Waals surface area contributed by atoms with Crippen LogP contribution in [0.1, 0.15) is 21.5 Å². The van der Waals surface area contributed by atoms with E-state index in [1.54, 1.807) is 24.3 Å². The molecule has 0 unspecified atom stereocenters. The molecular formula is C23H15N5O4. The standard InChI is InChI=1S/C23H15N5O4/c24-10-14-11-26-27-13-19(22(29)30)18-12-25-23(31)28(20(14)21(18)27)15-6-8-17(9-7-15)32-16-4-2-1-3-5-16/h1-9,11,13H,12H2,(H,25,31)(H,29,30). The molecule has 2 aromatic heterocycles. The van der Waals surface area contributed by atoms with Gasteiger partial charge in [-0.05, 0) is 36.4 Å². The minimum atomic E-state index is -1.14. The van der Waals surface area contributed by atoms with E-state index in [4.69, 9.17) is 4.74 Å². The summed E-state index contributed by atoms with van der Waals surface area (Å²) in [6.45, 7) is -0.00771. The van der Waals surface area contributed by atoms with Gasteiger partial charge in [-0.1, -0.05) is 18.2 Å². The van der Waals surface area contributed by atoms with Gasteiger partial charge < -0.3 is 15.2 Å². The van der Waals surface area contributed by atoms with E-state index >= 15 is 0 Å². The summed E-state index contributed by atoms with van der Waals surface area (Å²) in [5.41, 5.74) is 1.70. The zero-order valence-electron chi connectivity index (χ0n) is 16.5. The molecule has 2 N–H and O–H groups in total. The molecule has 0 aliphatic carbocycles. The fraction of sp³-hybridized carbons (Fsp3) is 0.0435. The lowest BCUT2D eigenvalue weighted by Gasteiger charge is -2.23. The van der Waals surface area contributed by atoms with Gasteiger partial charge in [0.2, 0.25) is 0 Å². The van der Waals surface area contributed by atoms with Crippen molar-refractivity contribution in [3.05, 3.63) is 83.7 Å². The molecule has 2 amide bonds. The number of rotatable bonds is 4. The van der Waals surface area contributed by atoms with Crippen LogP contribution in [0.15, 0.2) is 67.0 Å². The predicted molar refractivity (Wildman–Crippen MR) is 114 cm³/mol. The number of ether oxygens (including phenoxy) is 1. The van der Waals surface area contributed by atoms with Gasteiger partial charge in [0.05, 0.1) is 34.2 Å². The third kappa shape index (κ3) is 3.07. The molecule has 3 heterocycles. The lowest BCUT2D eigenvalue weighted by molar-refractivity contribution is 0.0695. The van der Waals surface area contributed by atoms with E-state index < -0.39 is 12.0 Å². The Balaban J connectivity index is 1.63. The Morgan fingerprint density at radius 1 is 1.12 bits per heavy atom. The van der Waals surface area contributed by atoms with E-state index in [1.807, 2.05) is 30.3 Å². The molecule has 0 atom stereocenters. The lowest BCUT2D eigenvalue weighted by Crippen LogP contribution is -2.35. The summed E-state index contributed by atoms with van der Waals surface area (Å²) in [5, 5.41) is 26.2. The second kappa shape index (κ2) is 7.45. The number of amides is 2. The summed E-state index contributed by atoms with van der Waals surface area (Å²) in [6.07, 6.45) is 2.69. The monoisotopic (exact) mass is 425 g/mol. The first-order valence-electron chi connectivity index (χ1n) is 9.64.